The van der Waals surface area contributed by atoms with E-state index in [4.69, 9.17) is 4.74 Å². The van der Waals surface area contributed by atoms with Crippen LogP contribution >= 0.6 is 0 Å². The van der Waals surface area contributed by atoms with E-state index in [0.717, 1.165) is 11.1 Å². The molecule has 0 fully saturated rings. The molecular formula is C18H16N6O4. The molecule has 28 heavy (non-hydrogen) atoms. The van der Waals surface area contributed by atoms with Crippen molar-refractivity contribution < 1.29 is 14.5 Å². The molecule has 0 spiro atoms. The average molecular weight is 380 g/mol. The monoisotopic (exact) mass is 380 g/mol. The molecule has 0 unspecified atom stereocenters. The topological polar surface area (TPSA) is 116 Å². The molecule has 4 rings (SSSR count). The first-order chi connectivity index (χ1) is 13.5. The van der Waals surface area contributed by atoms with Crippen LogP contribution in [0.2, 0.25) is 0 Å². The maximum absolute atomic E-state index is 12.7. The van der Waals surface area contributed by atoms with E-state index in [9.17, 15) is 14.9 Å². The molecule has 0 N–H and O–H groups in total. The van der Waals surface area contributed by atoms with Gasteiger partial charge in [-0.25, -0.2) is 0 Å². The molecule has 1 aromatic heterocycles. The fourth-order valence-electron chi connectivity index (χ4n) is 3.16. The summed E-state index contributed by atoms with van der Waals surface area (Å²) in [6.45, 7) is 0.389. The van der Waals surface area contributed by atoms with E-state index in [1.807, 2.05) is 18.2 Å². The number of nitrogens with zero attached hydrogens (tertiary/aromatic N) is 6. The Kier molecular flexibility index (Phi) is 4.44. The first-order valence-corrected chi connectivity index (χ1v) is 8.55. The van der Waals surface area contributed by atoms with Crippen LogP contribution < -0.4 is 9.64 Å². The van der Waals surface area contributed by atoms with Crippen molar-refractivity contribution in [2.45, 2.75) is 13.0 Å². The minimum absolute atomic E-state index is 0.0222. The minimum Gasteiger partial charge on any atom is -0.497 e. The van der Waals surface area contributed by atoms with E-state index in [0.29, 0.717) is 30.2 Å². The van der Waals surface area contributed by atoms with Crippen LogP contribution in [0.4, 0.5) is 11.4 Å². The van der Waals surface area contributed by atoms with Crippen molar-refractivity contribution in [3.63, 3.8) is 0 Å². The Morgan fingerprint density at radius 1 is 1.29 bits per heavy atom. The van der Waals surface area contributed by atoms with Gasteiger partial charge in [0.05, 0.1) is 12.0 Å². The van der Waals surface area contributed by atoms with Crippen LogP contribution in [0.3, 0.4) is 0 Å². The predicted molar refractivity (Wildman–Crippen MR) is 99.0 cm³/mol. The molecule has 1 aliphatic heterocycles. The lowest BCUT2D eigenvalue weighted by Crippen LogP contribution is -2.32. The van der Waals surface area contributed by atoms with Gasteiger partial charge in [-0.15, -0.1) is 10.2 Å². The first-order valence-electron chi connectivity index (χ1n) is 8.55. The highest BCUT2D eigenvalue weighted by molar-refractivity contribution is 5.95. The number of ether oxygens (including phenoxy) is 1. The standard InChI is InChI=1S/C18H16N6O4/c1-28-15-4-2-3-13(10-15)18-19-21-23(20-18)11-17(25)22-8-7-12-9-14(24(26)27)5-6-16(12)22/h2-6,9-10H,7-8,11H2,1H3. The van der Waals surface area contributed by atoms with Crippen LogP contribution in [0.25, 0.3) is 11.4 Å². The highest BCUT2D eigenvalue weighted by Crippen LogP contribution is 2.31. The van der Waals surface area contributed by atoms with Crippen LogP contribution in [-0.4, -0.2) is 44.7 Å². The second-order valence-corrected chi connectivity index (χ2v) is 6.24. The van der Waals surface area contributed by atoms with E-state index in [-0.39, 0.29) is 18.1 Å². The highest BCUT2D eigenvalue weighted by Gasteiger charge is 2.27. The number of carbonyl (C=O) groups is 1. The SMILES string of the molecule is COc1cccc(-c2nnn(CC(=O)N3CCc4cc([N+](=O)[O-])ccc43)n2)c1. The number of hydrogen-bond donors (Lipinski definition) is 0. The van der Waals surface area contributed by atoms with Crippen molar-refractivity contribution in [2.24, 2.45) is 0 Å². The number of benzene rings is 2. The molecule has 0 bridgehead atoms. The third-order valence-electron chi connectivity index (χ3n) is 4.53. The number of carbonyl (C=O) groups excluding carboxylic acids is 1. The molecule has 0 radical (unpaired) electrons. The maximum atomic E-state index is 12.7. The molecule has 3 aromatic rings. The lowest BCUT2D eigenvalue weighted by atomic mass is 10.1. The zero-order valence-electron chi connectivity index (χ0n) is 15.0. The van der Waals surface area contributed by atoms with E-state index in [1.165, 1.54) is 16.9 Å². The molecule has 2 aromatic carbocycles. The molecule has 0 saturated heterocycles. The molecule has 0 aliphatic carbocycles. The average Bonchev–Trinajstić information content (AvgIpc) is 3.34. The Bertz CT molecular complexity index is 1060. The number of non-ortho nitro benzene ring substituents is 1. The minimum atomic E-state index is -0.440. The van der Waals surface area contributed by atoms with Gasteiger partial charge in [0.1, 0.15) is 12.3 Å². The van der Waals surface area contributed by atoms with Crippen LogP contribution in [0.1, 0.15) is 5.56 Å². The number of aromatic nitrogens is 4. The molecule has 0 atom stereocenters. The number of anilines is 1. The Labute approximate surface area is 159 Å². The molecule has 10 heteroatoms. The lowest BCUT2D eigenvalue weighted by molar-refractivity contribution is -0.384. The van der Waals surface area contributed by atoms with Crippen molar-refractivity contribution in [1.82, 2.24) is 20.2 Å². The van der Waals surface area contributed by atoms with Crippen molar-refractivity contribution in [1.29, 1.82) is 0 Å². The lowest BCUT2D eigenvalue weighted by Gasteiger charge is -2.16. The number of fused-ring (bicyclic) bond motifs is 1. The van der Waals surface area contributed by atoms with E-state index >= 15 is 0 Å². The third kappa shape index (κ3) is 3.27. The number of methoxy groups -OCH3 is 1. The van der Waals surface area contributed by atoms with Gasteiger partial charge >= 0.3 is 0 Å². The number of rotatable bonds is 5. The van der Waals surface area contributed by atoms with Gasteiger partial charge in [0, 0.05) is 29.9 Å². The van der Waals surface area contributed by atoms with Crippen molar-refractivity contribution >= 4 is 17.3 Å². The third-order valence-corrected chi connectivity index (χ3v) is 4.53. The van der Waals surface area contributed by atoms with Crippen molar-refractivity contribution in [3.8, 4) is 17.1 Å². The summed E-state index contributed by atoms with van der Waals surface area (Å²) in [6.07, 6.45) is 0.572. The van der Waals surface area contributed by atoms with Crippen LogP contribution in [0.5, 0.6) is 5.75 Å². The largest absolute Gasteiger partial charge is 0.497 e. The molecule has 142 valence electrons. The quantitative estimate of drug-likeness (QED) is 0.490. The molecule has 2 heterocycles. The second kappa shape index (κ2) is 7.06. The molecule has 1 aliphatic rings. The second-order valence-electron chi connectivity index (χ2n) is 6.24. The normalized spacial score (nSPS) is 12.7. The van der Waals surface area contributed by atoms with Gasteiger partial charge in [0.25, 0.3) is 11.6 Å². The van der Waals surface area contributed by atoms with Gasteiger partial charge in [-0.05, 0) is 35.4 Å². The van der Waals surface area contributed by atoms with Gasteiger partial charge < -0.3 is 9.64 Å². The van der Waals surface area contributed by atoms with Gasteiger partial charge in [0.2, 0.25) is 5.82 Å². The zero-order valence-corrected chi connectivity index (χ0v) is 15.0. The molecule has 1 amide bonds. The maximum Gasteiger partial charge on any atom is 0.269 e. The summed E-state index contributed by atoms with van der Waals surface area (Å²) in [5, 5.41) is 23.1. The summed E-state index contributed by atoms with van der Waals surface area (Å²) in [5.41, 5.74) is 2.22. The Balaban J connectivity index is 1.50. The fourth-order valence-corrected chi connectivity index (χ4v) is 3.16. The number of amides is 1. The highest BCUT2D eigenvalue weighted by atomic mass is 16.6. The fraction of sp³-hybridized carbons (Fsp3) is 0.222. The summed E-state index contributed by atoms with van der Waals surface area (Å²) in [4.78, 5) is 26.0. The number of nitro groups is 1. The summed E-state index contributed by atoms with van der Waals surface area (Å²) in [7, 11) is 1.57. The smallest absolute Gasteiger partial charge is 0.269 e. The number of hydrogen-bond acceptors (Lipinski definition) is 7. The molecular weight excluding hydrogens is 364 g/mol. The molecule has 10 nitrogen and oxygen atoms in total. The Morgan fingerprint density at radius 3 is 2.93 bits per heavy atom. The zero-order chi connectivity index (χ0) is 19.7. The van der Waals surface area contributed by atoms with Crippen molar-refractivity contribution in [2.75, 3.05) is 18.6 Å². The van der Waals surface area contributed by atoms with Crippen LogP contribution in [0, 0.1) is 10.1 Å². The van der Waals surface area contributed by atoms with E-state index in [2.05, 4.69) is 15.4 Å². The summed E-state index contributed by atoms with van der Waals surface area (Å²) in [6, 6.07) is 11.8. The van der Waals surface area contributed by atoms with Crippen LogP contribution in [0.15, 0.2) is 42.5 Å². The van der Waals surface area contributed by atoms with Gasteiger partial charge in [0.15, 0.2) is 0 Å². The number of nitro benzene ring substituents is 1. The number of tetrazole rings is 1. The predicted octanol–water partition coefficient (Wildman–Crippen LogP) is 1.85. The van der Waals surface area contributed by atoms with Crippen molar-refractivity contribution in [3.05, 3.63) is 58.1 Å². The van der Waals surface area contributed by atoms with Crippen LogP contribution in [-0.2, 0) is 17.8 Å². The summed E-state index contributed by atoms with van der Waals surface area (Å²) < 4.78 is 5.19. The Hall–Kier alpha value is -3.82. The van der Waals surface area contributed by atoms with Gasteiger partial charge in [-0.3, -0.25) is 14.9 Å². The summed E-state index contributed by atoms with van der Waals surface area (Å²) >= 11 is 0. The van der Waals surface area contributed by atoms with Gasteiger partial charge in [-0.2, -0.15) is 4.80 Å². The Morgan fingerprint density at radius 2 is 2.14 bits per heavy atom. The van der Waals surface area contributed by atoms with E-state index < -0.39 is 4.92 Å². The summed E-state index contributed by atoms with van der Waals surface area (Å²) in [5.74, 6) is 0.860. The van der Waals surface area contributed by atoms with E-state index in [1.54, 1.807) is 24.1 Å². The molecule has 0 saturated carbocycles. The van der Waals surface area contributed by atoms with Gasteiger partial charge in [-0.1, -0.05) is 12.1 Å². The first kappa shape index (κ1) is 17.6.